The summed E-state index contributed by atoms with van der Waals surface area (Å²) in [4.78, 5) is 31.5. The van der Waals surface area contributed by atoms with Gasteiger partial charge in [-0.15, -0.1) is 11.8 Å². The van der Waals surface area contributed by atoms with E-state index in [9.17, 15) is 9.59 Å². The van der Waals surface area contributed by atoms with Crippen molar-refractivity contribution < 1.29 is 14.7 Å². The van der Waals surface area contributed by atoms with E-state index in [0.717, 1.165) is 54.4 Å². The average molecular weight is 458 g/mol. The molecular formula is C25H35N3O3S. The molecule has 7 heteroatoms. The maximum Gasteiger partial charge on any atom is 0.303 e. The van der Waals surface area contributed by atoms with Crippen molar-refractivity contribution in [2.75, 3.05) is 23.7 Å². The van der Waals surface area contributed by atoms with Crippen LogP contribution in [0.25, 0.3) is 0 Å². The Bertz CT molecular complexity index is 848. The third-order valence-electron chi connectivity index (χ3n) is 8.13. The van der Waals surface area contributed by atoms with Crippen LogP contribution in [-0.2, 0) is 4.79 Å². The molecule has 6 nitrogen and oxygen atoms in total. The van der Waals surface area contributed by atoms with Crippen LogP contribution in [0.15, 0.2) is 17.2 Å². The van der Waals surface area contributed by atoms with E-state index in [1.807, 2.05) is 12.1 Å². The fourth-order valence-electron chi connectivity index (χ4n) is 6.93. The Morgan fingerprint density at radius 3 is 2.53 bits per heavy atom. The first-order valence-corrected chi connectivity index (χ1v) is 13.4. The second-order valence-electron chi connectivity index (χ2n) is 10.5. The third-order valence-corrected chi connectivity index (χ3v) is 9.33. The zero-order chi connectivity index (χ0) is 22.2. The predicted octanol–water partition coefficient (Wildman–Crippen LogP) is 4.44. The number of hydrogen-bond donors (Lipinski definition) is 2. The summed E-state index contributed by atoms with van der Waals surface area (Å²) in [5.41, 5.74) is 0.697. The lowest BCUT2D eigenvalue weighted by molar-refractivity contribution is -0.137. The van der Waals surface area contributed by atoms with E-state index in [0.29, 0.717) is 23.4 Å². The maximum absolute atomic E-state index is 13.4. The van der Waals surface area contributed by atoms with E-state index >= 15 is 0 Å². The molecule has 2 N–H and O–H groups in total. The molecule has 1 aliphatic heterocycles. The minimum absolute atomic E-state index is 0.0327. The Balaban J connectivity index is 1.30. The van der Waals surface area contributed by atoms with Crippen molar-refractivity contribution in [3.63, 3.8) is 0 Å². The third kappa shape index (κ3) is 4.50. The quantitative estimate of drug-likeness (QED) is 0.562. The highest BCUT2D eigenvalue weighted by molar-refractivity contribution is 7.99. The normalized spacial score (nSPS) is 33.0. The van der Waals surface area contributed by atoms with Gasteiger partial charge in [-0.25, -0.2) is 4.98 Å². The summed E-state index contributed by atoms with van der Waals surface area (Å²) in [5.74, 6) is 4.36. The molecule has 174 valence electrons. The molecule has 32 heavy (non-hydrogen) atoms. The van der Waals surface area contributed by atoms with Gasteiger partial charge in [0.05, 0.1) is 5.56 Å². The number of aromatic nitrogens is 1. The lowest BCUT2D eigenvalue weighted by Gasteiger charge is -2.54. The Hall–Kier alpha value is -1.76. The average Bonchev–Trinajstić information content (AvgIpc) is 3.21. The Labute approximate surface area is 194 Å². The topological polar surface area (TPSA) is 82.5 Å². The number of nitrogens with one attached hydrogen (secondary N) is 1. The number of carbonyl (C=O) groups is 2. The number of nitrogens with zero attached hydrogens (tertiary/aromatic N) is 2. The molecule has 1 aromatic heterocycles. The molecular weight excluding hydrogens is 422 g/mol. The van der Waals surface area contributed by atoms with Crippen LogP contribution in [0.1, 0.15) is 68.6 Å². The van der Waals surface area contributed by atoms with Crippen LogP contribution in [0.4, 0.5) is 5.82 Å². The van der Waals surface area contributed by atoms with E-state index in [-0.39, 0.29) is 18.2 Å². The minimum Gasteiger partial charge on any atom is -0.481 e. The van der Waals surface area contributed by atoms with Gasteiger partial charge in [-0.1, -0.05) is 6.92 Å². The summed E-state index contributed by atoms with van der Waals surface area (Å²) in [5, 5.41) is 13.4. The Morgan fingerprint density at radius 1 is 1.16 bits per heavy atom. The largest absolute Gasteiger partial charge is 0.481 e. The molecule has 0 spiro atoms. The van der Waals surface area contributed by atoms with Crippen LogP contribution in [0.3, 0.4) is 0 Å². The van der Waals surface area contributed by atoms with E-state index in [1.165, 1.54) is 32.1 Å². The second-order valence-corrected chi connectivity index (χ2v) is 11.6. The maximum atomic E-state index is 13.4. The lowest BCUT2D eigenvalue weighted by atomic mass is 9.54. The van der Waals surface area contributed by atoms with Gasteiger partial charge < -0.3 is 15.3 Å². The molecule has 2 heterocycles. The van der Waals surface area contributed by atoms with Crippen LogP contribution in [0.5, 0.6) is 0 Å². The van der Waals surface area contributed by atoms with E-state index in [4.69, 9.17) is 10.1 Å². The van der Waals surface area contributed by atoms with Crippen molar-refractivity contribution in [3.05, 3.63) is 17.7 Å². The fraction of sp³-hybridized carbons (Fsp3) is 0.720. The van der Waals surface area contributed by atoms with Crippen molar-refractivity contribution >= 4 is 29.5 Å². The number of carboxylic acid groups (broad SMARTS) is 1. The van der Waals surface area contributed by atoms with Gasteiger partial charge in [0, 0.05) is 25.6 Å². The molecule has 4 aliphatic carbocycles. The number of rotatable bonds is 8. The van der Waals surface area contributed by atoms with Crippen LogP contribution in [0.2, 0.25) is 0 Å². The van der Waals surface area contributed by atoms with Gasteiger partial charge >= 0.3 is 5.97 Å². The zero-order valence-corrected chi connectivity index (χ0v) is 19.8. The molecule has 0 unspecified atom stereocenters. The van der Waals surface area contributed by atoms with Crippen LogP contribution < -0.4 is 10.2 Å². The number of pyridine rings is 1. The molecule has 1 atom stereocenters. The fourth-order valence-corrected chi connectivity index (χ4v) is 7.80. The summed E-state index contributed by atoms with van der Waals surface area (Å²) in [7, 11) is 0. The molecule has 6 rings (SSSR count). The first-order chi connectivity index (χ1) is 15.5. The van der Waals surface area contributed by atoms with Gasteiger partial charge in [-0.3, -0.25) is 9.59 Å². The van der Waals surface area contributed by atoms with E-state index < -0.39 is 5.97 Å². The molecule has 0 aromatic carbocycles. The van der Waals surface area contributed by atoms with Crippen LogP contribution in [0, 0.1) is 29.6 Å². The Kier molecular flexibility index (Phi) is 6.37. The van der Waals surface area contributed by atoms with Gasteiger partial charge in [0.2, 0.25) is 0 Å². The van der Waals surface area contributed by atoms with Crippen molar-refractivity contribution in [3.8, 4) is 0 Å². The molecule has 4 saturated carbocycles. The van der Waals surface area contributed by atoms with E-state index in [2.05, 4.69) is 17.1 Å². The summed E-state index contributed by atoms with van der Waals surface area (Å²) in [6.07, 6.45) is 8.69. The van der Waals surface area contributed by atoms with Gasteiger partial charge in [0.25, 0.3) is 5.91 Å². The highest BCUT2D eigenvalue weighted by Gasteiger charge is 2.48. The highest BCUT2D eigenvalue weighted by atomic mass is 32.2. The summed E-state index contributed by atoms with van der Waals surface area (Å²) < 4.78 is 0. The monoisotopic (exact) mass is 457 g/mol. The summed E-state index contributed by atoms with van der Waals surface area (Å²) in [6.45, 7) is 3.68. The van der Waals surface area contributed by atoms with Gasteiger partial charge in [0.1, 0.15) is 10.8 Å². The highest BCUT2D eigenvalue weighted by Crippen LogP contribution is 2.53. The number of anilines is 1. The summed E-state index contributed by atoms with van der Waals surface area (Å²) >= 11 is 1.66. The van der Waals surface area contributed by atoms with Crippen molar-refractivity contribution in [1.29, 1.82) is 0 Å². The predicted molar refractivity (Wildman–Crippen MR) is 126 cm³/mol. The molecule has 1 saturated heterocycles. The molecule has 0 radical (unpaired) electrons. The molecule has 5 fully saturated rings. The van der Waals surface area contributed by atoms with Gasteiger partial charge in [-0.05, 0) is 92.4 Å². The number of carboxylic acids is 1. The standard InChI is InChI=1S/C25H35N3O3S/c1-2-7-32-25-20(3-4-21(26-25)28-6-5-15(14-28)13-22(29)30)24(31)27-23-18-9-16-8-17(11-18)12-19(23)10-16/h3-4,15-19,23H,2,5-14H2,1H3,(H,27,31)(H,29,30)/t15-,16?,17?,18?,19?,23?/m0/s1. The van der Waals surface area contributed by atoms with Crippen molar-refractivity contribution in [1.82, 2.24) is 10.3 Å². The molecule has 4 bridgehead atoms. The van der Waals surface area contributed by atoms with E-state index in [1.54, 1.807) is 11.8 Å². The number of aliphatic carboxylic acids is 1. The smallest absolute Gasteiger partial charge is 0.303 e. The molecule has 1 aromatic rings. The Morgan fingerprint density at radius 2 is 1.88 bits per heavy atom. The number of hydrogen-bond acceptors (Lipinski definition) is 5. The van der Waals surface area contributed by atoms with Gasteiger partial charge in [0.15, 0.2) is 0 Å². The first-order valence-electron chi connectivity index (χ1n) is 12.4. The van der Waals surface area contributed by atoms with Crippen LogP contribution in [-0.4, -0.2) is 46.9 Å². The number of carbonyl (C=O) groups excluding carboxylic acids is 1. The summed E-state index contributed by atoms with van der Waals surface area (Å²) in [6, 6.07) is 4.22. The van der Waals surface area contributed by atoms with Crippen LogP contribution >= 0.6 is 11.8 Å². The van der Waals surface area contributed by atoms with Crippen molar-refractivity contribution in [2.45, 2.75) is 69.4 Å². The number of amides is 1. The molecule has 5 aliphatic rings. The lowest BCUT2D eigenvalue weighted by Crippen LogP contribution is -2.55. The SMILES string of the molecule is CCCSc1nc(N2CC[C@@H](CC(=O)O)C2)ccc1C(=O)NC1C2CC3CC(C2)CC1C3. The number of thioether (sulfide) groups is 1. The van der Waals surface area contributed by atoms with Crippen molar-refractivity contribution in [2.24, 2.45) is 29.6 Å². The first kappa shape index (κ1) is 22.1. The van der Waals surface area contributed by atoms with Gasteiger partial charge in [-0.2, -0.15) is 0 Å². The molecule has 1 amide bonds. The zero-order valence-electron chi connectivity index (χ0n) is 19.0. The second kappa shape index (κ2) is 9.24. The minimum atomic E-state index is -0.735.